The quantitative estimate of drug-likeness (QED) is 0.359. The number of benzene rings is 2. The number of hydrogen-bond acceptors (Lipinski definition) is 6. The molecule has 1 fully saturated rings. The maximum Gasteiger partial charge on any atom is 0.231 e. The minimum absolute atomic E-state index is 0.160. The number of aromatic nitrogens is 2. The van der Waals surface area contributed by atoms with E-state index >= 15 is 0 Å². The molecule has 4 rings (SSSR count). The zero-order valence-corrected chi connectivity index (χ0v) is 25.3. The van der Waals surface area contributed by atoms with E-state index in [1.807, 2.05) is 0 Å². The molecule has 0 aliphatic carbocycles. The van der Waals surface area contributed by atoms with E-state index < -0.39 is 0 Å². The number of nitrogens with two attached hydrogens (primary N) is 1. The van der Waals surface area contributed by atoms with Crippen LogP contribution in [0, 0.1) is 13.8 Å². The van der Waals surface area contributed by atoms with Crippen LogP contribution in [0.5, 0.6) is 5.75 Å². The van der Waals surface area contributed by atoms with E-state index in [1.165, 1.54) is 16.7 Å². The highest BCUT2D eigenvalue weighted by Crippen LogP contribution is 2.33. The Labute approximate surface area is 239 Å². The van der Waals surface area contributed by atoms with Crippen LogP contribution >= 0.6 is 0 Å². The molecule has 1 amide bonds. The van der Waals surface area contributed by atoms with Gasteiger partial charge in [0.25, 0.3) is 0 Å². The minimum Gasteiger partial charge on any atom is -0.488 e. The van der Waals surface area contributed by atoms with Gasteiger partial charge in [-0.1, -0.05) is 58.0 Å². The van der Waals surface area contributed by atoms with Crippen molar-refractivity contribution in [1.29, 1.82) is 0 Å². The highest BCUT2D eigenvalue weighted by molar-refractivity contribution is 5.76. The van der Waals surface area contributed by atoms with Crippen LogP contribution in [-0.2, 0) is 24.2 Å². The standard InChI is InChI=1S/C33H45N5O2/c1-8-25-11-10-12-26(9-2)31(25)32-35-24(7)28(20-40-29-17-27(21(3)4)14-13-22(29)5)33(36-32)38-16-15-37(19-30(34)39)23(6)18-38/h10-14,17,21,23H,8-9,15-16,18-20H2,1-7H3,(H2,34,39). The maximum atomic E-state index is 11.6. The van der Waals surface area contributed by atoms with Crippen molar-refractivity contribution in [2.45, 2.75) is 79.9 Å². The van der Waals surface area contributed by atoms with Crippen LogP contribution in [-0.4, -0.2) is 53.0 Å². The number of carbonyl (C=O) groups excluding carboxylic acids is 1. The Balaban J connectivity index is 1.77. The Kier molecular flexibility index (Phi) is 9.46. The summed E-state index contributed by atoms with van der Waals surface area (Å²) in [7, 11) is 0. The summed E-state index contributed by atoms with van der Waals surface area (Å²) < 4.78 is 6.48. The number of anilines is 1. The summed E-state index contributed by atoms with van der Waals surface area (Å²) in [5.41, 5.74) is 13.5. The zero-order chi connectivity index (χ0) is 29.0. The van der Waals surface area contributed by atoms with Crippen LogP contribution in [0.2, 0.25) is 0 Å². The molecule has 0 spiro atoms. The lowest BCUT2D eigenvalue weighted by molar-refractivity contribution is -0.119. The van der Waals surface area contributed by atoms with Crippen LogP contribution < -0.4 is 15.4 Å². The number of aryl methyl sites for hydroxylation is 4. The molecule has 2 aromatic carbocycles. The average Bonchev–Trinajstić information content (AvgIpc) is 2.93. The molecule has 40 heavy (non-hydrogen) atoms. The molecule has 2 N–H and O–H groups in total. The normalized spacial score (nSPS) is 16.0. The van der Waals surface area contributed by atoms with E-state index in [4.69, 9.17) is 20.4 Å². The van der Waals surface area contributed by atoms with Crippen LogP contribution in [0.25, 0.3) is 11.4 Å². The van der Waals surface area contributed by atoms with Gasteiger partial charge in [-0.25, -0.2) is 9.97 Å². The van der Waals surface area contributed by atoms with Gasteiger partial charge in [-0.15, -0.1) is 0 Å². The summed E-state index contributed by atoms with van der Waals surface area (Å²) in [6, 6.07) is 13.1. The molecular weight excluding hydrogens is 498 g/mol. The molecule has 1 saturated heterocycles. The summed E-state index contributed by atoms with van der Waals surface area (Å²) in [5, 5.41) is 0. The molecule has 0 bridgehead atoms. The molecule has 7 nitrogen and oxygen atoms in total. The number of ether oxygens (including phenoxy) is 1. The van der Waals surface area contributed by atoms with E-state index in [0.29, 0.717) is 12.5 Å². The van der Waals surface area contributed by atoms with Gasteiger partial charge in [0.15, 0.2) is 5.82 Å². The summed E-state index contributed by atoms with van der Waals surface area (Å²) in [6.45, 7) is 17.9. The van der Waals surface area contributed by atoms with Crippen molar-refractivity contribution >= 4 is 11.7 Å². The lowest BCUT2D eigenvalue weighted by Gasteiger charge is -2.40. The fourth-order valence-electron chi connectivity index (χ4n) is 5.56. The third-order valence-electron chi connectivity index (χ3n) is 8.09. The molecule has 1 atom stereocenters. The Morgan fingerprint density at radius 1 is 1.07 bits per heavy atom. The first kappa shape index (κ1) is 29.5. The lowest BCUT2D eigenvalue weighted by Crippen LogP contribution is -2.54. The molecule has 1 aliphatic heterocycles. The highest BCUT2D eigenvalue weighted by atomic mass is 16.5. The van der Waals surface area contributed by atoms with Gasteiger partial charge in [-0.05, 0) is 67.9 Å². The van der Waals surface area contributed by atoms with Gasteiger partial charge < -0.3 is 15.4 Å². The summed E-state index contributed by atoms with van der Waals surface area (Å²) in [4.78, 5) is 26.5. The van der Waals surface area contributed by atoms with Crippen molar-refractivity contribution in [3.63, 3.8) is 0 Å². The first-order chi connectivity index (χ1) is 19.1. The summed E-state index contributed by atoms with van der Waals surface area (Å²) in [6.07, 6.45) is 1.83. The van der Waals surface area contributed by atoms with E-state index in [-0.39, 0.29) is 18.5 Å². The second-order valence-corrected chi connectivity index (χ2v) is 11.3. The predicted octanol–water partition coefficient (Wildman–Crippen LogP) is 5.58. The smallest absolute Gasteiger partial charge is 0.231 e. The van der Waals surface area contributed by atoms with E-state index in [1.54, 1.807) is 0 Å². The van der Waals surface area contributed by atoms with Crippen molar-refractivity contribution in [2.24, 2.45) is 5.73 Å². The zero-order valence-electron chi connectivity index (χ0n) is 25.3. The van der Waals surface area contributed by atoms with Crippen LogP contribution in [0.15, 0.2) is 36.4 Å². The van der Waals surface area contributed by atoms with Crippen LogP contribution in [0.1, 0.15) is 74.0 Å². The van der Waals surface area contributed by atoms with Gasteiger partial charge in [0, 0.05) is 31.2 Å². The molecule has 0 saturated carbocycles. The number of amides is 1. The van der Waals surface area contributed by atoms with Gasteiger partial charge >= 0.3 is 0 Å². The number of primary amides is 1. The first-order valence-electron chi connectivity index (χ1n) is 14.6. The van der Waals surface area contributed by atoms with Gasteiger partial charge in [0.1, 0.15) is 18.2 Å². The van der Waals surface area contributed by atoms with Crippen molar-refractivity contribution < 1.29 is 9.53 Å². The third kappa shape index (κ3) is 6.47. The van der Waals surface area contributed by atoms with E-state index in [0.717, 1.165) is 72.3 Å². The molecule has 1 aliphatic rings. The lowest BCUT2D eigenvalue weighted by atomic mass is 9.96. The molecule has 1 unspecified atom stereocenters. The van der Waals surface area contributed by atoms with Crippen molar-refractivity contribution in [3.05, 3.63) is 69.9 Å². The van der Waals surface area contributed by atoms with Gasteiger partial charge in [-0.3, -0.25) is 9.69 Å². The second kappa shape index (κ2) is 12.8. The fraction of sp³-hybridized carbons (Fsp3) is 0.485. The molecule has 2 heterocycles. The monoisotopic (exact) mass is 543 g/mol. The fourth-order valence-corrected chi connectivity index (χ4v) is 5.56. The average molecular weight is 544 g/mol. The second-order valence-electron chi connectivity index (χ2n) is 11.3. The number of nitrogens with zero attached hydrogens (tertiary/aromatic N) is 4. The Morgan fingerprint density at radius 2 is 1.77 bits per heavy atom. The molecule has 214 valence electrons. The predicted molar refractivity (Wildman–Crippen MR) is 163 cm³/mol. The van der Waals surface area contributed by atoms with Crippen LogP contribution in [0.4, 0.5) is 5.82 Å². The third-order valence-corrected chi connectivity index (χ3v) is 8.09. The summed E-state index contributed by atoms with van der Waals surface area (Å²) >= 11 is 0. The van der Waals surface area contributed by atoms with Gasteiger partial charge in [0.2, 0.25) is 5.91 Å². The minimum atomic E-state index is -0.295. The van der Waals surface area contributed by atoms with E-state index in [2.05, 4.69) is 94.7 Å². The number of rotatable bonds is 10. The summed E-state index contributed by atoms with van der Waals surface area (Å²) in [5.74, 6) is 2.71. The number of piperazine rings is 1. The Bertz CT molecular complexity index is 1330. The van der Waals surface area contributed by atoms with Crippen molar-refractivity contribution in [2.75, 3.05) is 31.1 Å². The van der Waals surface area contributed by atoms with Crippen molar-refractivity contribution in [3.8, 4) is 17.1 Å². The van der Waals surface area contributed by atoms with E-state index in [9.17, 15) is 4.79 Å². The SMILES string of the molecule is CCc1cccc(CC)c1-c1nc(C)c(COc2cc(C(C)C)ccc2C)c(N2CCN(CC(N)=O)C(C)C2)n1. The Hall–Kier alpha value is -3.45. The highest BCUT2D eigenvalue weighted by Gasteiger charge is 2.29. The molecular formula is C33H45N5O2. The van der Waals surface area contributed by atoms with Crippen molar-refractivity contribution in [1.82, 2.24) is 14.9 Å². The molecule has 7 heteroatoms. The number of hydrogen-bond donors (Lipinski definition) is 1. The molecule has 0 radical (unpaired) electrons. The molecule has 1 aromatic heterocycles. The number of carbonyl (C=O) groups is 1. The molecule has 3 aromatic rings. The van der Waals surface area contributed by atoms with Crippen LogP contribution in [0.3, 0.4) is 0 Å². The van der Waals surface area contributed by atoms with Gasteiger partial charge in [0.05, 0.1) is 17.8 Å². The van der Waals surface area contributed by atoms with Gasteiger partial charge in [-0.2, -0.15) is 0 Å². The maximum absolute atomic E-state index is 11.6. The first-order valence-corrected chi connectivity index (χ1v) is 14.6. The topological polar surface area (TPSA) is 84.6 Å². The largest absolute Gasteiger partial charge is 0.488 e. The Morgan fingerprint density at radius 3 is 2.38 bits per heavy atom.